The standard InChI is InChI=1S/C32H38FN7O4S/c1-31(2,3)44-30(41)38-29-36-24-20(8-4-9-22(24)45-29)25-23(33)26-21(18-34-25)27(39-12-7-16-42-17-15-39)37-28(35-26)43-19-32-10-5-13-40(32)14-6-11-32/h4,8-9,18H,5-7,10-17,19H2,1-3H3,(H,36,38,41). The number of thiazole rings is 1. The Balaban J connectivity index is 1.27. The first kappa shape index (κ1) is 30.0. The van der Waals surface area contributed by atoms with Crippen molar-refractivity contribution >= 4 is 49.5 Å². The summed E-state index contributed by atoms with van der Waals surface area (Å²) in [5.74, 6) is 0.0251. The lowest BCUT2D eigenvalue weighted by atomic mass is 9.95. The van der Waals surface area contributed by atoms with Crippen molar-refractivity contribution in [2.24, 2.45) is 0 Å². The molecule has 0 unspecified atom stereocenters. The molecule has 0 atom stereocenters. The normalized spacial score (nSPS) is 18.7. The minimum absolute atomic E-state index is 0.00217. The first-order chi connectivity index (χ1) is 21.7. The van der Waals surface area contributed by atoms with Crippen LogP contribution in [0.2, 0.25) is 0 Å². The van der Waals surface area contributed by atoms with Crippen LogP contribution in [0.3, 0.4) is 0 Å². The molecule has 1 aromatic carbocycles. The molecule has 0 aliphatic carbocycles. The van der Waals surface area contributed by atoms with Gasteiger partial charge in [0.05, 0.1) is 27.7 Å². The van der Waals surface area contributed by atoms with Crippen LogP contribution in [0.15, 0.2) is 24.4 Å². The van der Waals surface area contributed by atoms with Crippen LogP contribution in [-0.2, 0) is 9.47 Å². The van der Waals surface area contributed by atoms with Crippen molar-refractivity contribution in [3.8, 4) is 17.3 Å². The molecule has 0 radical (unpaired) electrons. The number of nitrogens with zero attached hydrogens (tertiary/aromatic N) is 6. The number of fused-ring (bicyclic) bond motifs is 3. The predicted molar refractivity (Wildman–Crippen MR) is 172 cm³/mol. The SMILES string of the molecule is CC(C)(C)OC(=O)Nc1nc2c(-c3ncc4c(N5CCCOCC5)nc(OCC56CCCN5CCC6)nc4c3F)cccc2s1. The molecule has 238 valence electrons. The van der Waals surface area contributed by atoms with E-state index in [1.54, 1.807) is 33.0 Å². The Hall–Kier alpha value is -3.68. The minimum Gasteiger partial charge on any atom is -0.461 e. The minimum atomic E-state index is -0.652. The number of nitrogens with one attached hydrogen (secondary N) is 1. The van der Waals surface area contributed by atoms with E-state index in [4.69, 9.17) is 19.2 Å². The van der Waals surface area contributed by atoms with Gasteiger partial charge in [-0.05, 0) is 72.0 Å². The van der Waals surface area contributed by atoms with Gasteiger partial charge in [-0.3, -0.25) is 15.2 Å². The lowest BCUT2D eigenvalue weighted by Gasteiger charge is -2.31. The van der Waals surface area contributed by atoms with Gasteiger partial charge in [0, 0.05) is 31.5 Å². The highest BCUT2D eigenvalue weighted by Gasteiger charge is 2.45. The molecule has 11 nitrogen and oxygen atoms in total. The van der Waals surface area contributed by atoms with E-state index >= 15 is 4.39 Å². The summed E-state index contributed by atoms with van der Waals surface area (Å²) in [4.78, 5) is 35.7. The van der Waals surface area contributed by atoms with Crippen LogP contribution in [0.1, 0.15) is 52.9 Å². The highest BCUT2D eigenvalue weighted by atomic mass is 32.1. The van der Waals surface area contributed by atoms with Crippen molar-refractivity contribution in [1.82, 2.24) is 24.8 Å². The Morgan fingerprint density at radius 3 is 2.69 bits per heavy atom. The maximum absolute atomic E-state index is 16.7. The molecule has 3 saturated heterocycles. The number of hydrogen-bond donors (Lipinski definition) is 1. The summed E-state index contributed by atoms with van der Waals surface area (Å²) in [6, 6.07) is 5.64. The molecule has 7 rings (SSSR count). The molecule has 0 bridgehead atoms. The van der Waals surface area contributed by atoms with Crippen molar-refractivity contribution in [2.75, 3.05) is 56.2 Å². The number of amides is 1. The van der Waals surface area contributed by atoms with Gasteiger partial charge in [-0.15, -0.1) is 0 Å². The Morgan fingerprint density at radius 2 is 1.89 bits per heavy atom. The third-order valence-electron chi connectivity index (χ3n) is 8.73. The summed E-state index contributed by atoms with van der Waals surface area (Å²) in [6.45, 7) is 10.6. The molecule has 3 aliphatic rings. The molecule has 3 aromatic heterocycles. The number of pyridine rings is 1. The van der Waals surface area contributed by atoms with Crippen LogP contribution >= 0.6 is 11.3 Å². The zero-order chi connectivity index (χ0) is 31.2. The van der Waals surface area contributed by atoms with E-state index in [1.807, 2.05) is 12.1 Å². The summed E-state index contributed by atoms with van der Waals surface area (Å²) in [5, 5.41) is 3.56. The molecule has 1 N–H and O–H groups in total. The topological polar surface area (TPSA) is 115 Å². The van der Waals surface area contributed by atoms with Crippen molar-refractivity contribution in [2.45, 2.75) is 64.0 Å². The maximum atomic E-state index is 16.7. The fourth-order valence-electron chi connectivity index (χ4n) is 6.72. The van der Waals surface area contributed by atoms with Gasteiger partial charge in [0.1, 0.15) is 29.2 Å². The number of ether oxygens (including phenoxy) is 3. The van der Waals surface area contributed by atoms with Gasteiger partial charge in [-0.2, -0.15) is 9.97 Å². The van der Waals surface area contributed by atoms with E-state index in [0.717, 1.165) is 56.4 Å². The van der Waals surface area contributed by atoms with E-state index in [9.17, 15) is 4.79 Å². The van der Waals surface area contributed by atoms with E-state index in [-0.39, 0.29) is 22.8 Å². The summed E-state index contributed by atoms with van der Waals surface area (Å²) in [5.41, 5.74) is 0.641. The number of aromatic nitrogens is 4. The summed E-state index contributed by atoms with van der Waals surface area (Å²) in [7, 11) is 0. The number of carbonyl (C=O) groups excluding carboxylic acids is 1. The van der Waals surface area contributed by atoms with Crippen LogP contribution in [-0.4, -0.2) is 88.1 Å². The van der Waals surface area contributed by atoms with E-state index in [2.05, 4.69) is 30.1 Å². The van der Waals surface area contributed by atoms with Crippen LogP contribution in [0.25, 0.3) is 32.4 Å². The second-order valence-corrected chi connectivity index (χ2v) is 14.0. The molecule has 4 aromatic rings. The Morgan fingerprint density at radius 1 is 1.07 bits per heavy atom. The van der Waals surface area contributed by atoms with Gasteiger partial charge in [0.15, 0.2) is 10.9 Å². The van der Waals surface area contributed by atoms with E-state index in [1.165, 1.54) is 11.3 Å². The van der Waals surface area contributed by atoms with Crippen LogP contribution in [0.5, 0.6) is 6.01 Å². The van der Waals surface area contributed by atoms with Gasteiger partial charge in [0.2, 0.25) is 0 Å². The molecule has 0 spiro atoms. The quantitative estimate of drug-likeness (QED) is 0.270. The molecule has 13 heteroatoms. The van der Waals surface area contributed by atoms with Crippen molar-refractivity contribution in [1.29, 1.82) is 0 Å². The summed E-state index contributed by atoms with van der Waals surface area (Å²) in [6.07, 6.45) is 6.34. The lowest BCUT2D eigenvalue weighted by molar-refractivity contribution is 0.0636. The molecule has 45 heavy (non-hydrogen) atoms. The number of carbonyl (C=O) groups is 1. The molecule has 0 saturated carbocycles. The number of rotatable bonds is 6. The van der Waals surface area contributed by atoms with Crippen molar-refractivity contribution < 1.29 is 23.4 Å². The second kappa shape index (κ2) is 11.9. The number of hydrogen-bond acceptors (Lipinski definition) is 11. The lowest BCUT2D eigenvalue weighted by Crippen LogP contribution is -2.43. The second-order valence-electron chi connectivity index (χ2n) is 13.0. The van der Waals surface area contributed by atoms with Crippen LogP contribution in [0, 0.1) is 5.82 Å². The summed E-state index contributed by atoms with van der Waals surface area (Å²) >= 11 is 1.28. The van der Waals surface area contributed by atoms with Gasteiger partial charge in [-0.25, -0.2) is 14.2 Å². The van der Waals surface area contributed by atoms with E-state index in [0.29, 0.717) is 53.8 Å². The molecular formula is C32H38FN7O4S. The molecular weight excluding hydrogens is 597 g/mol. The first-order valence-electron chi connectivity index (χ1n) is 15.7. The molecule has 6 heterocycles. The molecule has 3 fully saturated rings. The number of halogens is 1. The monoisotopic (exact) mass is 635 g/mol. The van der Waals surface area contributed by atoms with Crippen LogP contribution < -0.4 is 15.0 Å². The summed E-state index contributed by atoms with van der Waals surface area (Å²) < 4.78 is 34.9. The van der Waals surface area contributed by atoms with Gasteiger partial charge >= 0.3 is 12.1 Å². The third kappa shape index (κ3) is 6.00. The van der Waals surface area contributed by atoms with E-state index < -0.39 is 17.5 Å². The molecule has 3 aliphatic heterocycles. The van der Waals surface area contributed by atoms with Gasteiger partial charge in [-0.1, -0.05) is 23.5 Å². The third-order valence-corrected chi connectivity index (χ3v) is 9.66. The highest BCUT2D eigenvalue weighted by molar-refractivity contribution is 7.22. The predicted octanol–water partition coefficient (Wildman–Crippen LogP) is 6.02. The van der Waals surface area contributed by atoms with Gasteiger partial charge < -0.3 is 19.1 Å². The van der Waals surface area contributed by atoms with Crippen molar-refractivity contribution in [3.63, 3.8) is 0 Å². The smallest absolute Gasteiger partial charge is 0.413 e. The zero-order valence-corrected chi connectivity index (χ0v) is 26.7. The van der Waals surface area contributed by atoms with Gasteiger partial charge in [0.25, 0.3) is 0 Å². The fraction of sp³-hybridized carbons (Fsp3) is 0.531. The largest absolute Gasteiger partial charge is 0.461 e. The Bertz CT molecular complexity index is 1720. The average Bonchev–Trinajstić information content (AvgIpc) is 3.63. The Kier molecular flexibility index (Phi) is 7.95. The number of para-hydroxylation sites is 1. The zero-order valence-electron chi connectivity index (χ0n) is 25.9. The number of benzene rings is 1. The molecule has 1 amide bonds. The van der Waals surface area contributed by atoms with Crippen LogP contribution in [0.4, 0.5) is 20.1 Å². The average molecular weight is 636 g/mol. The Labute approximate surface area is 265 Å². The number of anilines is 2. The fourth-order valence-corrected chi connectivity index (χ4v) is 7.60. The first-order valence-corrected chi connectivity index (χ1v) is 16.5. The van der Waals surface area contributed by atoms with Crippen molar-refractivity contribution in [3.05, 3.63) is 30.2 Å². The highest BCUT2D eigenvalue weighted by Crippen LogP contribution is 2.40. The maximum Gasteiger partial charge on any atom is 0.413 e.